The second kappa shape index (κ2) is 15.3. The summed E-state index contributed by atoms with van der Waals surface area (Å²) in [4.78, 5) is 22.3. The van der Waals surface area contributed by atoms with Crippen LogP contribution in [0.3, 0.4) is 0 Å². The van der Waals surface area contributed by atoms with E-state index >= 15 is 0 Å². The van der Waals surface area contributed by atoms with Gasteiger partial charge in [0.25, 0.3) is 5.91 Å². The molecule has 1 aliphatic heterocycles. The lowest BCUT2D eigenvalue weighted by Crippen LogP contribution is -2.50. The summed E-state index contributed by atoms with van der Waals surface area (Å²) in [6.07, 6.45) is -0.646. The summed E-state index contributed by atoms with van der Waals surface area (Å²) in [5.74, 6) is -1.47. The first-order chi connectivity index (χ1) is 22.7. The number of halogens is 4. The molecule has 242 valence electrons. The van der Waals surface area contributed by atoms with Crippen molar-refractivity contribution >= 4 is 35.0 Å². The maximum atomic E-state index is 14.6. The fourth-order valence-electron chi connectivity index (χ4n) is 5.25. The number of aliphatic hydroxyl groups excluding tert-OH is 1. The predicted molar refractivity (Wildman–Crippen MR) is 174 cm³/mol. The topological polar surface area (TPSA) is 129 Å². The molecule has 0 radical (unpaired) electrons. The second-order valence-electron chi connectivity index (χ2n) is 10.7. The van der Waals surface area contributed by atoms with Crippen molar-refractivity contribution in [3.63, 3.8) is 0 Å². The number of amides is 1. The number of carbonyl (C=O) groups excluding carboxylic acids is 1. The zero-order valence-corrected chi connectivity index (χ0v) is 26.4. The van der Waals surface area contributed by atoms with Gasteiger partial charge in [-0.15, -0.1) is 0 Å². The largest absolute Gasteiger partial charge is 0.494 e. The van der Waals surface area contributed by atoms with Gasteiger partial charge in [-0.3, -0.25) is 4.79 Å². The summed E-state index contributed by atoms with van der Waals surface area (Å²) in [6, 6.07) is 21.9. The number of ether oxygens (including phenoxy) is 2. The number of aliphatic imine (C=N–C) groups is 1. The van der Waals surface area contributed by atoms with Crippen LogP contribution in [-0.2, 0) is 29.0 Å². The summed E-state index contributed by atoms with van der Waals surface area (Å²) in [6.45, 7) is 0.0878. The highest BCUT2D eigenvalue weighted by Gasteiger charge is 2.54. The van der Waals surface area contributed by atoms with Crippen LogP contribution in [0.2, 0.25) is 10.0 Å². The zero-order valence-electron chi connectivity index (χ0n) is 24.9. The fourth-order valence-corrected chi connectivity index (χ4v) is 5.76. The lowest BCUT2D eigenvalue weighted by molar-refractivity contribution is -0.129. The quantitative estimate of drug-likeness (QED) is 0.0650. The van der Waals surface area contributed by atoms with E-state index in [4.69, 9.17) is 48.3 Å². The average Bonchev–Trinajstić information content (AvgIpc) is 3.44. The molecule has 4 aromatic carbocycles. The van der Waals surface area contributed by atoms with Gasteiger partial charge in [-0.1, -0.05) is 64.7 Å². The van der Waals surface area contributed by atoms with E-state index < -0.39 is 29.2 Å². The Morgan fingerprint density at radius 2 is 1.81 bits per heavy atom. The van der Waals surface area contributed by atoms with Crippen LogP contribution in [0.4, 0.5) is 8.78 Å². The number of hydrogen-bond acceptors (Lipinski definition) is 6. The average molecular weight is 681 g/mol. The van der Waals surface area contributed by atoms with Crippen molar-refractivity contribution in [3.05, 3.63) is 145 Å². The second-order valence-corrected chi connectivity index (χ2v) is 11.6. The van der Waals surface area contributed by atoms with Gasteiger partial charge in [-0.05, 0) is 59.1 Å². The van der Waals surface area contributed by atoms with Gasteiger partial charge >= 0.3 is 0 Å². The number of nitrogens with one attached hydrogen (secondary N) is 1. The smallest absolute Gasteiger partial charge is 0.252 e. The van der Waals surface area contributed by atoms with Gasteiger partial charge in [0, 0.05) is 63.7 Å². The van der Waals surface area contributed by atoms with Crippen molar-refractivity contribution in [2.45, 2.75) is 37.6 Å². The van der Waals surface area contributed by atoms with Crippen molar-refractivity contribution in [1.82, 2.24) is 5.32 Å². The number of hydrogen-bond donors (Lipinski definition) is 2. The molecular formula is C34H29Cl2F2N5O4. The number of benzene rings is 4. The molecule has 1 aliphatic rings. The van der Waals surface area contributed by atoms with Crippen LogP contribution in [0.5, 0.6) is 5.75 Å². The van der Waals surface area contributed by atoms with E-state index in [0.717, 1.165) is 12.1 Å². The minimum atomic E-state index is -1.72. The Hall–Kier alpha value is -4.67. The van der Waals surface area contributed by atoms with E-state index in [-0.39, 0.29) is 42.6 Å². The molecule has 13 heteroatoms. The van der Waals surface area contributed by atoms with E-state index in [1.54, 1.807) is 60.7 Å². The summed E-state index contributed by atoms with van der Waals surface area (Å²) >= 11 is 12.9. The SMILES string of the molecule is [N-]=[N+]=NCc1ccccc1C[C@@]1(C(=O)NCc2ccc(F)cc2F)N=C(c2ccc(OCCCO)cc2)O[C@@H]1c1ccc(Cl)cc1Cl. The van der Waals surface area contributed by atoms with E-state index in [2.05, 4.69) is 15.3 Å². The van der Waals surface area contributed by atoms with Gasteiger partial charge in [0.1, 0.15) is 17.4 Å². The molecule has 0 aromatic heterocycles. The number of aliphatic hydroxyl groups is 1. The Morgan fingerprint density at radius 3 is 2.51 bits per heavy atom. The third-order valence-electron chi connectivity index (χ3n) is 7.61. The van der Waals surface area contributed by atoms with Gasteiger partial charge in [-0.2, -0.15) is 0 Å². The van der Waals surface area contributed by atoms with Gasteiger partial charge in [0.05, 0.1) is 13.2 Å². The Labute approximate surface area is 279 Å². The molecule has 0 saturated heterocycles. The third-order valence-corrected chi connectivity index (χ3v) is 8.17. The number of rotatable bonds is 13. The van der Waals surface area contributed by atoms with Gasteiger partial charge in [-0.25, -0.2) is 13.8 Å². The molecule has 5 rings (SSSR count). The Morgan fingerprint density at radius 1 is 1.04 bits per heavy atom. The van der Waals surface area contributed by atoms with Crippen molar-refractivity contribution in [1.29, 1.82) is 0 Å². The van der Waals surface area contributed by atoms with Crippen molar-refractivity contribution in [2.24, 2.45) is 10.1 Å². The molecule has 1 amide bonds. The molecule has 0 unspecified atom stereocenters. The normalized spacial score (nSPS) is 17.0. The standard InChI is InChI=1S/C34H29Cl2F2N5O4/c35-25-9-13-28(29(36)16-25)31-34(18-22-4-1-2-5-23(22)20-41-43-39,33(45)40-19-24-6-10-26(37)17-30(24)38)42-32(47-31)21-7-11-27(12-8-21)46-15-3-14-44/h1-2,4-13,16-17,31,44H,3,14-15,18-20H2,(H,40,45)/t31-,34-/m1/s1. The monoisotopic (exact) mass is 679 g/mol. The molecule has 1 heterocycles. The highest BCUT2D eigenvalue weighted by Crippen LogP contribution is 2.45. The van der Waals surface area contributed by atoms with Crippen LogP contribution in [-0.4, -0.2) is 35.7 Å². The minimum Gasteiger partial charge on any atom is -0.494 e. The van der Waals surface area contributed by atoms with E-state index in [1.165, 1.54) is 12.1 Å². The molecule has 9 nitrogen and oxygen atoms in total. The maximum Gasteiger partial charge on any atom is 0.252 e. The van der Waals surface area contributed by atoms with Gasteiger partial charge in [0.2, 0.25) is 5.90 Å². The fraction of sp³-hybridized carbons (Fsp3) is 0.235. The Balaban J connectivity index is 1.62. The Bertz CT molecular complexity index is 1840. The zero-order chi connectivity index (χ0) is 33.4. The van der Waals surface area contributed by atoms with Crippen LogP contribution in [0, 0.1) is 11.6 Å². The van der Waals surface area contributed by atoms with Gasteiger partial charge in [0.15, 0.2) is 11.6 Å². The number of carbonyl (C=O) groups is 1. The summed E-state index contributed by atoms with van der Waals surface area (Å²) in [7, 11) is 0. The van der Waals surface area contributed by atoms with E-state index in [0.29, 0.717) is 46.1 Å². The first-order valence-corrected chi connectivity index (χ1v) is 15.3. The minimum absolute atomic E-state index is 0.00130. The van der Waals surface area contributed by atoms with Gasteiger partial charge < -0.3 is 19.9 Å². The van der Waals surface area contributed by atoms with Crippen LogP contribution in [0.1, 0.15) is 40.3 Å². The molecule has 0 saturated carbocycles. The highest BCUT2D eigenvalue weighted by molar-refractivity contribution is 6.35. The molecular weight excluding hydrogens is 651 g/mol. The van der Waals surface area contributed by atoms with E-state index in [9.17, 15) is 13.6 Å². The molecule has 2 atom stereocenters. The van der Waals surface area contributed by atoms with Crippen molar-refractivity contribution in [2.75, 3.05) is 13.2 Å². The first kappa shape index (κ1) is 33.7. The molecule has 0 bridgehead atoms. The van der Waals surface area contributed by atoms with Crippen LogP contribution in [0.25, 0.3) is 10.4 Å². The van der Waals surface area contributed by atoms with Crippen molar-refractivity contribution < 1.29 is 28.2 Å². The molecule has 0 spiro atoms. The lowest BCUT2D eigenvalue weighted by Gasteiger charge is -2.32. The number of azide groups is 1. The molecule has 0 aliphatic carbocycles. The van der Waals surface area contributed by atoms with Crippen LogP contribution < -0.4 is 10.1 Å². The third kappa shape index (κ3) is 7.84. The first-order valence-electron chi connectivity index (χ1n) is 14.6. The predicted octanol–water partition coefficient (Wildman–Crippen LogP) is 7.66. The van der Waals surface area contributed by atoms with Crippen molar-refractivity contribution in [3.8, 4) is 5.75 Å². The molecule has 0 fully saturated rings. The molecule has 47 heavy (non-hydrogen) atoms. The van der Waals surface area contributed by atoms with Crippen LogP contribution in [0.15, 0.2) is 95.0 Å². The lowest BCUT2D eigenvalue weighted by atomic mass is 9.80. The van der Waals surface area contributed by atoms with Crippen LogP contribution >= 0.6 is 23.2 Å². The number of nitrogens with zero attached hydrogens (tertiary/aromatic N) is 4. The van der Waals surface area contributed by atoms with E-state index in [1.807, 2.05) is 0 Å². The Kier molecular flexibility index (Phi) is 11.0. The molecule has 2 N–H and O–H groups in total. The summed E-state index contributed by atoms with van der Waals surface area (Å²) in [5.41, 5.74) is 9.63. The summed E-state index contributed by atoms with van der Waals surface area (Å²) < 4.78 is 40.4. The molecule has 4 aromatic rings. The maximum absolute atomic E-state index is 14.6. The highest BCUT2D eigenvalue weighted by atomic mass is 35.5. The summed E-state index contributed by atoms with van der Waals surface area (Å²) in [5, 5.41) is 16.2.